The third-order valence-corrected chi connectivity index (χ3v) is 4.26. The number of para-hydroxylation sites is 1. The molecule has 0 saturated carbocycles. The number of amides is 1. The summed E-state index contributed by atoms with van der Waals surface area (Å²) in [5.74, 6) is 0.120. The Morgan fingerprint density at radius 1 is 1.16 bits per heavy atom. The maximum atomic E-state index is 12.5. The van der Waals surface area contributed by atoms with Crippen LogP contribution in [-0.4, -0.2) is 61.4 Å². The van der Waals surface area contributed by atoms with Gasteiger partial charge in [-0.2, -0.15) is 0 Å². The number of hydrogen-bond donors (Lipinski definition) is 1. The molecule has 0 spiro atoms. The molecule has 1 aliphatic rings. The van der Waals surface area contributed by atoms with Crippen molar-refractivity contribution in [3.05, 3.63) is 55.1 Å². The van der Waals surface area contributed by atoms with E-state index < -0.39 is 6.10 Å². The SMILES string of the molecule is C=CCOCC(O)CN1CCC(=O)N(CC=C)CCc2ccccc21. The quantitative estimate of drug-likeness (QED) is 0.579. The molecule has 1 aromatic carbocycles. The van der Waals surface area contributed by atoms with Gasteiger partial charge in [-0.1, -0.05) is 30.4 Å². The number of carbonyl (C=O) groups is 1. The standard InChI is InChI=1S/C20H28N2O3/c1-3-11-21-12-9-17-7-5-6-8-19(17)22(13-10-20(21)24)15-18(23)16-25-14-4-2/h3-8,18,23H,1-2,9-16H2. The van der Waals surface area contributed by atoms with Crippen LogP contribution in [0.2, 0.25) is 0 Å². The van der Waals surface area contributed by atoms with Gasteiger partial charge in [0.1, 0.15) is 0 Å². The summed E-state index contributed by atoms with van der Waals surface area (Å²) < 4.78 is 5.34. The van der Waals surface area contributed by atoms with Crippen molar-refractivity contribution in [1.29, 1.82) is 0 Å². The zero-order valence-corrected chi connectivity index (χ0v) is 14.8. The van der Waals surface area contributed by atoms with E-state index in [0.29, 0.717) is 39.2 Å². The fraction of sp³-hybridized carbons (Fsp3) is 0.450. The Bertz CT molecular complexity index is 588. The van der Waals surface area contributed by atoms with Gasteiger partial charge < -0.3 is 19.6 Å². The van der Waals surface area contributed by atoms with Gasteiger partial charge in [0, 0.05) is 38.3 Å². The van der Waals surface area contributed by atoms with E-state index in [1.165, 1.54) is 5.56 Å². The molecule has 0 saturated heterocycles. The number of nitrogens with zero attached hydrogens (tertiary/aromatic N) is 2. The highest BCUT2D eigenvalue weighted by Crippen LogP contribution is 2.23. The first kappa shape index (κ1) is 19.2. The first-order chi connectivity index (χ1) is 12.2. The molecule has 1 heterocycles. The van der Waals surface area contributed by atoms with Crippen LogP contribution in [0, 0.1) is 0 Å². The van der Waals surface area contributed by atoms with E-state index in [4.69, 9.17) is 4.74 Å². The molecule has 1 aromatic rings. The molecule has 25 heavy (non-hydrogen) atoms. The van der Waals surface area contributed by atoms with Gasteiger partial charge in [-0.05, 0) is 18.1 Å². The minimum absolute atomic E-state index is 0.120. The van der Waals surface area contributed by atoms with Crippen molar-refractivity contribution in [2.75, 3.05) is 44.3 Å². The number of rotatable bonds is 8. The molecule has 0 bridgehead atoms. The van der Waals surface area contributed by atoms with Crippen LogP contribution in [0.4, 0.5) is 5.69 Å². The summed E-state index contributed by atoms with van der Waals surface area (Å²) in [5, 5.41) is 10.3. The first-order valence-corrected chi connectivity index (χ1v) is 8.74. The summed E-state index contributed by atoms with van der Waals surface area (Å²) in [5.41, 5.74) is 2.27. The molecule has 5 nitrogen and oxygen atoms in total. The number of aliphatic hydroxyl groups excluding tert-OH is 1. The smallest absolute Gasteiger partial charge is 0.224 e. The van der Waals surface area contributed by atoms with Crippen LogP contribution in [0.5, 0.6) is 0 Å². The minimum Gasteiger partial charge on any atom is -0.389 e. The van der Waals surface area contributed by atoms with E-state index in [9.17, 15) is 9.90 Å². The van der Waals surface area contributed by atoms with Crippen molar-refractivity contribution in [2.24, 2.45) is 0 Å². The molecule has 1 amide bonds. The highest BCUT2D eigenvalue weighted by molar-refractivity contribution is 5.77. The molecule has 1 N–H and O–H groups in total. The van der Waals surface area contributed by atoms with Gasteiger partial charge in [0.25, 0.3) is 0 Å². The average molecular weight is 344 g/mol. The maximum Gasteiger partial charge on any atom is 0.224 e. The number of β-amino-alcohol motifs (C(OH)–C–C–N with tert-alkyl or cyclic N) is 1. The first-order valence-electron chi connectivity index (χ1n) is 8.74. The monoisotopic (exact) mass is 344 g/mol. The zero-order valence-electron chi connectivity index (χ0n) is 14.8. The summed E-state index contributed by atoms with van der Waals surface area (Å²) in [6.07, 6.45) is 4.01. The van der Waals surface area contributed by atoms with Crippen LogP contribution in [-0.2, 0) is 16.0 Å². The zero-order chi connectivity index (χ0) is 18.1. The van der Waals surface area contributed by atoms with Gasteiger partial charge in [-0.15, -0.1) is 13.2 Å². The summed E-state index contributed by atoms with van der Waals surface area (Å²) >= 11 is 0. The second kappa shape index (κ2) is 10.0. The van der Waals surface area contributed by atoms with Gasteiger partial charge in [0.05, 0.1) is 19.3 Å². The van der Waals surface area contributed by atoms with Crippen LogP contribution in [0.15, 0.2) is 49.6 Å². The predicted octanol–water partition coefficient (Wildman–Crippen LogP) is 2.02. The second-order valence-electron chi connectivity index (χ2n) is 6.18. The van der Waals surface area contributed by atoms with E-state index in [-0.39, 0.29) is 12.5 Å². The summed E-state index contributed by atoms with van der Waals surface area (Å²) in [6, 6.07) is 8.15. The maximum absolute atomic E-state index is 12.5. The molecule has 0 aromatic heterocycles. The summed E-state index contributed by atoms with van der Waals surface area (Å²) in [7, 11) is 0. The molecule has 2 rings (SSSR count). The number of anilines is 1. The van der Waals surface area contributed by atoms with Crippen LogP contribution in [0.1, 0.15) is 12.0 Å². The second-order valence-corrected chi connectivity index (χ2v) is 6.18. The third-order valence-electron chi connectivity index (χ3n) is 4.26. The fourth-order valence-corrected chi connectivity index (χ4v) is 3.05. The molecule has 5 heteroatoms. The van der Waals surface area contributed by atoms with E-state index in [2.05, 4.69) is 30.2 Å². The lowest BCUT2D eigenvalue weighted by atomic mass is 10.1. The topological polar surface area (TPSA) is 53.0 Å². The third kappa shape index (κ3) is 5.73. The Kier molecular flexibility index (Phi) is 7.70. The summed E-state index contributed by atoms with van der Waals surface area (Å²) in [6.45, 7) is 10.3. The van der Waals surface area contributed by atoms with Crippen molar-refractivity contribution in [3.8, 4) is 0 Å². The van der Waals surface area contributed by atoms with Crippen molar-refractivity contribution in [1.82, 2.24) is 4.90 Å². The van der Waals surface area contributed by atoms with Gasteiger partial charge in [0.2, 0.25) is 5.91 Å². The Balaban J connectivity index is 2.14. The van der Waals surface area contributed by atoms with Crippen molar-refractivity contribution in [3.63, 3.8) is 0 Å². The Morgan fingerprint density at radius 3 is 2.68 bits per heavy atom. The molecule has 1 aliphatic heterocycles. The number of ether oxygens (including phenoxy) is 1. The normalized spacial score (nSPS) is 16.4. The molecule has 1 unspecified atom stereocenters. The molecule has 0 radical (unpaired) electrons. The predicted molar refractivity (Wildman–Crippen MR) is 101 cm³/mol. The number of aliphatic hydroxyl groups is 1. The lowest BCUT2D eigenvalue weighted by Crippen LogP contribution is -2.38. The van der Waals surface area contributed by atoms with Crippen molar-refractivity contribution in [2.45, 2.75) is 18.9 Å². The van der Waals surface area contributed by atoms with E-state index >= 15 is 0 Å². The Hall–Kier alpha value is -2.11. The average Bonchev–Trinajstić information content (AvgIpc) is 2.67. The molecule has 0 aliphatic carbocycles. The number of hydrogen-bond acceptors (Lipinski definition) is 4. The lowest BCUT2D eigenvalue weighted by molar-refractivity contribution is -0.130. The largest absolute Gasteiger partial charge is 0.389 e. The van der Waals surface area contributed by atoms with Crippen molar-refractivity contribution < 1.29 is 14.6 Å². The van der Waals surface area contributed by atoms with E-state index in [1.807, 2.05) is 17.0 Å². The molecular formula is C20H28N2O3. The Morgan fingerprint density at radius 2 is 1.92 bits per heavy atom. The Labute approximate surface area is 150 Å². The molecular weight excluding hydrogens is 316 g/mol. The number of fused-ring (bicyclic) bond motifs is 1. The van der Waals surface area contributed by atoms with Crippen molar-refractivity contribution >= 4 is 11.6 Å². The molecule has 0 fully saturated rings. The van der Waals surface area contributed by atoms with Crippen LogP contribution in [0.25, 0.3) is 0 Å². The fourth-order valence-electron chi connectivity index (χ4n) is 3.05. The summed E-state index contributed by atoms with van der Waals surface area (Å²) in [4.78, 5) is 16.4. The van der Waals surface area contributed by atoms with Crippen LogP contribution < -0.4 is 4.90 Å². The highest BCUT2D eigenvalue weighted by Gasteiger charge is 2.21. The molecule has 136 valence electrons. The number of benzene rings is 1. The highest BCUT2D eigenvalue weighted by atomic mass is 16.5. The van der Waals surface area contributed by atoms with Gasteiger partial charge in [-0.25, -0.2) is 0 Å². The van der Waals surface area contributed by atoms with Crippen LogP contribution in [0.3, 0.4) is 0 Å². The molecule has 1 atom stereocenters. The van der Waals surface area contributed by atoms with E-state index in [0.717, 1.165) is 12.1 Å². The van der Waals surface area contributed by atoms with Gasteiger partial charge in [0.15, 0.2) is 0 Å². The van der Waals surface area contributed by atoms with E-state index in [1.54, 1.807) is 12.2 Å². The van der Waals surface area contributed by atoms with Gasteiger partial charge >= 0.3 is 0 Å². The number of carbonyl (C=O) groups excluding carboxylic acids is 1. The lowest BCUT2D eigenvalue weighted by Gasteiger charge is -2.28. The van der Waals surface area contributed by atoms with Crippen LogP contribution >= 0.6 is 0 Å². The minimum atomic E-state index is -0.617. The van der Waals surface area contributed by atoms with Gasteiger partial charge in [-0.3, -0.25) is 4.79 Å².